The third-order valence-electron chi connectivity index (χ3n) is 6.71. The van der Waals surface area contributed by atoms with Crippen LogP contribution in [0.2, 0.25) is 0 Å². The first-order valence-electron chi connectivity index (χ1n) is 11.0. The summed E-state index contributed by atoms with van der Waals surface area (Å²) in [6.07, 6.45) is 8.96. The number of hydrogen-bond donors (Lipinski definition) is 0. The maximum atomic E-state index is 12.4. The highest BCUT2D eigenvalue weighted by atomic mass is 19.4. The Balaban J connectivity index is 1.44. The van der Waals surface area contributed by atoms with Gasteiger partial charge in [-0.25, -0.2) is 0 Å². The second kappa shape index (κ2) is 8.87. The van der Waals surface area contributed by atoms with Crippen molar-refractivity contribution in [2.75, 3.05) is 0 Å². The molecule has 0 saturated heterocycles. The molecule has 0 heterocycles. The van der Waals surface area contributed by atoms with Crippen LogP contribution in [0.1, 0.15) is 66.3 Å². The SMILES string of the molecule is CC=CCC[C@H]1CCc2c(ccc3c2CC[C@H](c2ccc(OC(F)(F)F)cc2)C3)C1. The summed E-state index contributed by atoms with van der Waals surface area (Å²) in [6.45, 7) is 2.08. The van der Waals surface area contributed by atoms with Gasteiger partial charge >= 0.3 is 6.36 Å². The Morgan fingerprint density at radius 2 is 1.60 bits per heavy atom. The third-order valence-corrected chi connectivity index (χ3v) is 6.71. The lowest BCUT2D eigenvalue weighted by Crippen LogP contribution is -2.20. The van der Waals surface area contributed by atoms with E-state index >= 15 is 0 Å². The summed E-state index contributed by atoms with van der Waals surface area (Å²) >= 11 is 0. The van der Waals surface area contributed by atoms with Crippen LogP contribution in [-0.4, -0.2) is 6.36 Å². The van der Waals surface area contributed by atoms with Crippen LogP contribution >= 0.6 is 0 Å². The van der Waals surface area contributed by atoms with Crippen molar-refractivity contribution in [3.63, 3.8) is 0 Å². The van der Waals surface area contributed by atoms with Gasteiger partial charge in [-0.15, -0.1) is 13.2 Å². The van der Waals surface area contributed by atoms with E-state index in [4.69, 9.17) is 0 Å². The molecule has 2 aromatic rings. The molecule has 2 aromatic carbocycles. The molecule has 30 heavy (non-hydrogen) atoms. The Morgan fingerprint density at radius 1 is 0.933 bits per heavy atom. The zero-order chi connectivity index (χ0) is 21.1. The first kappa shape index (κ1) is 21.0. The van der Waals surface area contributed by atoms with E-state index in [0.29, 0.717) is 5.92 Å². The van der Waals surface area contributed by atoms with Gasteiger partial charge in [0.15, 0.2) is 0 Å². The Hall–Kier alpha value is -2.23. The summed E-state index contributed by atoms with van der Waals surface area (Å²) in [4.78, 5) is 0. The van der Waals surface area contributed by atoms with Crippen LogP contribution in [0.3, 0.4) is 0 Å². The van der Waals surface area contributed by atoms with Gasteiger partial charge in [0, 0.05) is 0 Å². The van der Waals surface area contributed by atoms with E-state index in [2.05, 4.69) is 35.9 Å². The molecular weight excluding hydrogens is 385 g/mol. The van der Waals surface area contributed by atoms with Crippen molar-refractivity contribution in [3.05, 3.63) is 76.4 Å². The number of halogens is 3. The van der Waals surface area contributed by atoms with Crippen LogP contribution in [0.15, 0.2) is 48.6 Å². The van der Waals surface area contributed by atoms with Crippen molar-refractivity contribution in [2.45, 2.75) is 70.6 Å². The molecule has 2 aliphatic carbocycles. The second-order valence-corrected chi connectivity index (χ2v) is 8.65. The molecule has 0 aromatic heterocycles. The smallest absolute Gasteiger partial charge is 0.406 e. The number of rotatable bonds is 5. The van der Waals surface area contributed by atoms with E-state index in [0.717, 1.165) is 30.7 Å². The number of benzene rings is 2. The fourth-order valence-corrected chi connectivity index (χ4v) is 5.21. The zero-order valence-electron chi connectivity index (χ0n) is 17.5. The molecule has 1 nitrogen and oxygen atoms in total. The van der Waals surface area contributed by atoms with Crippen molar-refractivity contribution < 1.29 is 17.9 Å². The van der Waals surface area contributed by atoms with Gasteiger partial charge in [0.2, 0.25) is 0 Å². The van der Waals surface area contributed by atoms with E-state index in [-0.39, 0.29) is 5.75 Å². The Morgan fingerprint density at radius 3 is 2.27 bits per heavy atom. The molecule has 0 fully saturated rings. The minimum Gasteiger partial charge on any atom is -0.406 e. The highest BCUT2D eigenvalue weighted by Gasteiger charge is 2.31. The van der Waals surface area contributed by atoms with Gasteiger partial charge in [-0.1, -0.05) is 36.4 Å². The Bertz CT molecular complexity index is 896. The number of alkyl halides is 3. The van der Waals surface area contributed by atoms with E-state index < -0.39 is 6.36 Å². The summed E-state index contributed by atoms with van der Waals surface area (Å²) in [5.41, 5.74) is 7.19. The Labute approximate surface area is 177 Å². The van der Waals surface area contributed by atoms with Crippen LogP contribution < -0.4 is 4.74 Å². The lowest BCUT2D eigenvalue weighted by Gasteiger charge is -2.32. The van der Waals surface area contributed by atoms with Crippen molar-refractivity contribution in [1.82, 2.24) is 0 Å². The van der Waals surface area contributed by atoms with Crippen LogP contribution in [0.25, 0.3) is 0 Å². The number of fused-ring (bicyclic) bond motifs is 3. The minimum absolute atomic E-state index is 0.152. The average molecular weight is 415 g/mol. The molecule has 0 amide bonds. The minimum atomic E-state index is -4.64. The van der Waals surface area contributed by atoms with Crippen LogP contribution in [0.4, 0.5) is 13.2 Å². The van der Waals surface area contributed by atoms with E-state index in [1.165, 1.54) is 55.4 Å². The highest BCUT2D eigenvalue weighted by Crippen LogP contribution is 2.39. The number of allylic oxidation sites excluding steroid dienone is 2. The fraction of sp³-hybridized carbons (Fsp3) is 0.462. The maximum absolute atomic E-state index is 12.4. The van der Waals surface area contributed by atoms with Crippen LogP contribution in [0, 0.1) is 5.92 Å². The van der Waals surface area contributed by atoms with Gasteiger partial charge in [-0.2, -0.15) is 0 Å². The predicted octanol–water partition coefficient (Wildman–Crippen LogP) is 7.32. The fourth-order valence-electron chi connectivity index (χ4n) is 5.21. The molecule has 0 unspecified atom stereocenters. The summed E-state index contributed by atoms with van der Waals surface area (Å²) in [7, 11) is 0. The van der Waals surface area contributed by atoms with Gasteiger partial charge in [0.05, 0.1) is 0 Å². The molecular formula is C26H29F3O. The molecule has 2 aliphatic rings. The van der Waals surface area contributed by atoms with Crippen molar-refractivity contribution >= 4 is 0 Å². The number of hydrogen-bond acceptors (Lipinski definition) is 1. The molecule has 0 spiro atoms. The highest BCUT2D eigenvalue weighted by molar-refractivity contribution is 5.45. The van der Waals surface area contributed by atoms with Crippen LogP contribution in [-0.2, 0) is 25.7 Å². The normalized spacial score (nSPS) is 21.3. The average Bonchev–Trinajstić information content (AvgIpc) is 2.73. The molecule has 4 heteroatoms. The van der Waals surface area contributed by atoms with Crippen molar-refractivity contribution in [2.24, 2.45) is 5.92 Å². The summed E-state index contributed by atoms with van der Waals surface area (Å²) in [5, 5.41) is 0. The van der Waals surface area contributed by atoms with Gasteiger partial charge in [0.25, 0.3) is 0 Å². The standard InChI is InChI=1S/C26H29F3O/c1-2-3-4-5-18-6-14-24-21(16-18)7-8-22-17-20(11-15-25(22)24)19-9-12-23(13-10-19)30-26(27,28)29/h2-3,7-10,12-13,18,20H,4-6,11,14-17H2,1H3/t18-,20-/m0/s1. The Kier molecular flexibility index (Phi) is 6.21. The molecule has 4 rings (SSSR count). The molecule has 0 radical (unpaired) electrons. The first-order chi connectivity index (χ1) is 14.4. The molecule has 0 bridgehead atoms. The zero-order valence-corrected chi connectivity index (χ0v) is 17.5. The molecule has 2 atom stereocenters. The van der Waals surface area contributed by atoms with Gasteiger partial charge in [-0.05, 0) is 110 Å². The monoisotopic (exact) mass is 414 g/mol. The van der Waals surface area contributed by atoms with Crippen LogP contribution in [0.5, 0.6) is 5.75 Å². The summed E-state index contributed by atoms with van der Waals surface area (Å²) < 4.78 is 41.1. The van der Waals surface area contributed by atoms with Gasteiger partial charge in [-0.3, -0.25) is 0 Å². The second-order valence-electron chi connectivity index (χ2n) is 8.65. The summed E-state index contributed by atoms with van der Waals surface area (Å²) in [5.74, 6) is 0.994. The predicted molar refractivity (Wildman–Crippen MR) is 114 cm³/mol. The molecule has 160 valence electrons. The third kappa shape index (κ3) is 4.91. The molecule has 0 saturated carbocycles. The summed E-state index contributed by atoms with van der Waals surface area (Å²) in [6, 6.07) is 11.1. The van der Waals surface area contributed by atoms with Gasteiger partial charge in [0.1, 0.15) is 5.75 Å². The van der Waals surface area contributed by atoms with E-state index in [1.807, 2.05) is 0 Å². The van der Waals surface area contributed by atoms with Crippen molar-refractivity contribution in [3.8, 4) is 5.75 Å². The number of ether oxygens (including phenoxy) is 1. The molecule has 0 N–H and O–H groups in total. The lowest BCUT2D eigenvalue weighted by atomic mass is 9.73. The first-order valence-corrected chi connectivity index (χ1v) is 11.0. The van der Waals surface area contributed by atoms with E-state index in [9.17, 15) is 13.2 Å². The lowest BCUT2D eigenvalue weighted by molar-refractivity contribution is -0.274. The van der Waals surface area contributed by atoms with Gasteiger partial charge < -0.3 is 4.74 Å². The quantitative estimate of drug-likeness (QED) is 0.466. The topological polar surface area (TPSA) is 9.23 Å². The molecule has 0 aliphatic heterocycles. The maximum Gasteiger partial charge on any atom is 0.573 e. The van der Waals surface area contributed by atoms with E-state index in [1.54, 1.807) is 23.3 Å². The van der Waals surface area contributed by atoms with Crippen molar-refractivity contribution in [1.29, 1.82) is 0 Å². The largest absolute Gasteiger partial charge is 0.573 e.